The molecule has 0 aromatic heterocycles. The minimum absolute atomic E-state index is 0.614. The quantitative estimate of drug-likeness (QED) is 0.629. The van der Waals surface area contributed by atoms with E-state index in [0.29, 0.717) is 12.6 Å². The van der Waals surface area contributed by atoms with Crippen LogP contribution in [-0.2, 0) is 0 Å². The highest BCUT2D eigenvalue weighted by Crippen LogP contribution is 2.13. The third kappa shape index (κ3) is 3.10. The van der Waals surface area contributed by atoms with E-state index >= 15 is 0 Å². The van der Waals surface area contributed by atoms with Gasteiger partial charge < -0.3 is 10.6 Å². The molecule has 3 heteroatoms. The first kappa shape index (κ1) is 10.7. The molecule has 1 unspecified atom stereocenters. The minimum atomic E-state index is 0.614. The lowest BCUT2D eigenvalue weighted by molar-refractivity contribution is 0.277. The summed E-state index contributed by atoms with van der Waals surface area (Å²) in [5, 5.41) is 0. The van der Waals surface area contributed by atoms with Crippen LogP contribution in [0.25, 0.3) is 0 Å². The Morgan fingerprint density at radius 3 is 2.77 bits per heavy atom. The molecule has 1 heterocycles. The van der Waals surface area contributed by atoms with E-state index in [9.17, 15) is 0 Å². The van der Waals surface area contributed by atoms with Crippen LogP contribution in [-0.4, -0.2) is 56.1 Å². The predicted octanol–water partition coefficient (Wildman–Crippen LogP) is 0.137. The molecule has 13 heavy (non-hydrogen) atoms. The largest absolute Gasteiger partial charge is 0.327 e. The monoisotopic (exact) mass is 183 g/mol. The second-order valence-electron chi connectivity index (χ2n) is 4.10. The first-order valence-corrected chi connectivity index (χ1v) is 4.89. The number of likely N-dealkylation sites (tertiary alicyclic amines) is 1. The van der Waals surface area contributed by atoms with Crippen molar-refractivity contribution >= 4 is 0 Å². The average molecular weight is 183 g/mol. The molecule has 1 saturated heterocycles. The molecule has 0 radical (unpaired) electrons. The van der Waals surface area contributed by atoms with Crippen LogP contribution in [0.2, 0.25) is 0 Å². The molecule has 1 atom stereocenters. The van der Waals surface area contributed by atoms with Crippen LogP contribution in [0.3, 0.4) is 0 Å². The van der Waals surface area contributed by atoms with Gasteiger partial charge in [-0.2, -0.15) is 0 Å². The molecule has 76 valence electrons. The zero-order valence-electron chi connectivity index (χ0n) is 8.79. The lowest BCUT2D eigenvalue weighted by Crippen LogP contribution is -2.32. The number of nitrogens with zero attached hydrogens (tertiary/aromatic N) is 2. The average Bonchev–Trinajstić information content (AvgIpc) is 2.52. The van der Waals surface area contributed by atoms with Crippen molar-refractivity contribution < 1.29 is 0 Å². The first-order valence-electron chi connectivity index (χ1n) is 4.89. The number of rotatable bonds is 4. The predicted molar refractivity (Wildman–Crippen MR) is 56.7 cm³/mol. The molecule has 0 aromatic rings. The second kappa shape index (κ2) is 4.74. The SMILES string of the molecule is C=C(CN)CN1CCC(N(C)C)C1. The van der Waals surface area contributed by atoms with Gasteiger partial charge in [-0.1, -0.05) is 6.58 Å². The Bertz CT molecular complexity index is 177. The van der Waals surface area contributed by atoms with E-state index in [1.807, 2.05) is 0 Å². The number of likely N-dealkylation sites (N-methyl/N-ethyl adjacent to an activating group) is 1. The molecular formula is C10H21N3. The standard InChI is InChI=1S/C10H21N3/c1-9(6-11)7-13-5-4-10(8-13)12(2)3/h10H,1,4-8,11H2,2-3H3. The summed E-state index contributed by atoms with van der Waals surface area (Å²) in [6, 6.07) is 0.713. The summed E-state index contributed by atoms with van der Waals surface area (Å²) in [7, 11) is 4.29. The molecule has 2 N–H and O–H groups in total. The van der Waals surface area contributed by atoms with Crippen molar-refractivity contribution in [2.45, 2.75) is 12.5 Å². The number of hydrogen-bond acceptors (Lipinski definition) is 3. The lowest BCUT2D eigenvalue weighted by Gasteiger charge is -2.20. The van der Waals surface area contributed by atoms with Gasteiger partial charge in [-0.15, -0.1) is 0 Å². The molecule has 0 amide bonds. The van der Waals surface area contributed by atoms with Crippen LogP contribution in [0.5, 0.6) is 0 Å². The molecule has 0 aromatic carbocycles. The number of nitrogens with two attached hydrogens (primary N) is 1. The Kier molecular flexibility index (Phi) is 3.90. The van der Waals surface area contributed by atoms with Crippen molar-refractivity contribution in [3.8, 4) is 0 Å². The van der Waals surface area contributed by atoms with Crippen LogP contribution in [0, 0.1) is 0 Å². The van der Waals surface area contributed by atoms with Gasteiger partial charge in [0, 0.05) is 32.2 Å². The van der Waals surface area contributed by atoms with E-state index in [1.54, 1.807) is 0 Å². The van der Waals surface area contributed by atoms with Gasteiger partial charge in [0.15, 0.2) is 0 Å². The second-order valence-corrected chi connectivity index (χ2v) is 4.10. The van der Waals surface area contributed by atoms with Gasteiger partial charge in [0.1, 0.15) is 0 Å². The molecule has 1 aliphatic rings. The molecular weight excluding hydrogens is 162 g/mol. The summed E-state index contributed by atoms with van der Waals surface area (Å²) in [4.78, 5) is 4.73. The Hall–Kier alpha value is -0.380. The summed E-state index contributed by atoms with van der Waals surface area (Å²) >= 11 is 0. The Morgan fingerprint density at radius 2 is 2.31 bits per heavy atom. The molecule has 1 rings (SSSR count). The van der Waals surface area contributed by atoms with Crippen LogP contribution in [0.1, 0.15) is 6.42 Å². The third-order valence-electron chi connectivity index (χ3n) is 2.71. The maximum atomic E-state index is 5.51. The molecule has 1 fully saturated rings. The van der Waals surface area contributed by atoms with Crippen LogP contribution in [0.4, 0.5) is 0 Å². The van der Waals surface area contributed by atoms with Crippen LogP contribution >= 0.6 is 0 Å². The Morgan fingerprint density at radius 1 is 1.62 bits per heavy atom. The van der Waals surface area contributed by atoms with Crippen LogP contribution < -0.4 is 5.73 Å². The maximum Gasteiger partial charge on any atom is 0.0229 e. The van der Waals surface area contributed by atoms with E-state index < -0.39 is 0 Å². The first-order chi connectivity index (χ1) is 6.13. The van der Waals surface area contributed by atoms with Crippen molar-refractivity contribution in [3.05, 3.63) is 12.2 Å². The number of hydrogen-bond donors (Lipinski definition) is 1. The van der Waals surface area contributed by atoms with E-state index in [4.69, 9.17) is 5.73 Å². The highest BCUT2D eigenvalue weighted by molar-refractivity contribution is 5.00. The van der Waals surface area contributed by atoms with Gasteiger partial charge in [-0.05, 0) is 26.1 Å². The molecule has 3 nitrogen and oxygen atoms in total. The fourth-order valence-corrected chi connectivity index (χ4v) is 1.76. The minimum Gasteiger partial charge on any atom is -0.327 e. The zero-order chi connectivity index (χ0) is 9.84. The van der Waals surface area contributed by atoms with E-state index in [0.717, 1.165) is 18.7 Å². The van der Waals surface area contributed by atoms with E-state index in [-0.39, 0.29) is 0 Å². The third-order valence-corrected chi connectivity index (χ3v) is 2.71. The molecule has 0 saturated carbocycles. The van der Waals surface area contributed by atoms with Gasteiger partial charge in [-0.3, -0.25) is 4.90 Å². The zero-order valence-corrected chi connectivity index (χ0v) is 8.79. The van der Waals surface area contributed by atoms with E-state index in [1.165, 1.54) is 13.0 Å². The Balaban J connectivity index is 2.29. The van der Waals surface area contributed by atoms with E-state index in [2.05, 4.69) is 30.5 Å². The molecule has 0 bridgehead atoms. The summed E-state index contributed by atoms with van der Waals surface area (Å²) in [5.74, 6) is 0. The highest BCUT2D eigenvalue weighted by atomic mass is 15.2. The summed E-state index contributed by atoms with van der Waals surface area (Å²) in [6.45, 7) is 7.85. The van der Waals surface area contributed by atoms with Crippen molar-refractivity contribution in [3.63, 3.8) is 0 Å². The van der Waals surface area contributed by atoms with Crippen molar-refractivity contribution in [1.82, 2.24) is 9.80 Å². The molecule has 0 aliphatic carbocycles. The van der Waals surface area contributed by atoms with Gasteiger partial charge in [0.25, 0.3) is 0 Å². The maximum absolute atomic E-state index is 5.51. The summed E-state index contributed by atoms with van der Waals surface area (Å²) in [6.07, 6.45) is 1.27. The van der Waals surface area contributed by atoms with Gasteiger partial charge in [0.2, 0.25) is 0 Å². The summed E-state index contributed by atoms with van der Waals surface area (Å²) in [5.41, 5.74) is 6.65. The van der Waals surface area contributed by atoms with Gasteiger partial charge in [-0.25, -0.2) is 0 Å². The van der Waals surface area contributed by atoms with Gasteiger partial charge in [0.05, 0.1) is 0 Å². The molecule has 0 spiro atoms. The normalized spacial score (nSPS) is 24.2. The van der Waals surface area contributed by atoms with Crippen molar-refractivity contribution in [2.75, 3.05) is 40.3 Å². The van der Waals surface area contributed by atoms with Crippen molar-refractivity contribution in [1.29, 1.82) is 0 Å². The van der Waals surface area contributed by atoms with Crippen LogP contribution in [0.15, 0.2) is 12.2 Å². The summed E-state index contributed by atoms with van der Waals surface area (Å²) < 4.78 is 0. The highest BCUT2D eigenvalue weighted by Gasteiger charge is 2.23. The van der Waals surface area contributed by atoms with Crippen molar-refractivity contribution in [2.24, 2.45) is 5.73 Å². The fourth-order valence-electron chi connectivity index (χ4n) is 1.76. The van der Waals surface area contributed by atoms with Gasteiger partial charge >= 0.3 is 0 Å². The topological polar surface area (TPSA) is 32.5 Å². The smallest absolute Gasteiger partial charge is 0.0229 e. The molecule has 1 aliphatic heterocycles. The Labute approximate surface area is 81.2 Å². The lowest BCUT2D eigenvalue weighted by atomic mass is 10.2. The fraction of sp³-hybridized carbons (Fsp3) is 0.800.